The molecule has 20 heavy (non-hydrogen) atoms. The molecule has 3 rings (SSSR count). The predicted octanol–water partition coefficient (Wildman–Crippen LogP) is 4.04. The zero-order chi connectivity index (χ0) is 14.1. The second-order valence-electron chi connectivity index (χ2n) is 4.62. The molecule has 2 aromatic carbocycles. The summed E-state index contributed by atoms with van der Waals surface area (Å²) in [6, 6.07) is 11.1. The lowest BCUT2D eigenvalue weighted by Crippen LogP contribution is -1.97. The maximum atomic E-state index is 13.9. The van der Waals surface area contributed by atoms with Crippen LogP contribution in [-0.2, 0) is 13.7 Å². The van der Waals surface area contributed by atoms with E-state index in [0.29, 0.717) is 10.9 Å². The van der Waals surface area contributed by atoms with Crippen molar-refractivity contribution in [1.29, 1.82) is 0 Å². The Labute approximate surface area is 115 Å². The Hall–Kier alpha value is -2.36. The van der Waals surface area contributed by atoms with Gasteiger partial charge in [-0.15, -0.1) is 0 Å². The van der Waals surface area contributed by atoms with Gasteiger partial charge in [-0.05, 0) is 24.3 Å². The van der Waals surface area contributed by atoms with Gasteiger partial charge in [0.15, 0.2) is 11.6 Å². The van der Waals surface area contributed by atoms with E-state index >= 15 is 0 Å². The van der Waals surface area contributed by atoms with Gasteiger partial charge in [-0.25, -0.2) is 8.78 Å². The van der Waals surface area contributed by atoms with Crippen LogP contribution < -0.4 is 4.74 Å². The van der Waals surface area contributed by atoms with E-state index in [0.717, 1.165) is 5.52 Å². The monoisotopic (exact) mass is 273 g/mol. The van der Waals surface area contributed by atoms with Crippen LogP contribution >= 0.6 is 0 Å². The molecule has 0 saturated carbocycles. The molecule has 1 heterocycles. The summed E-state index contributed by atoms with van der Waals surface area (Å²) in [5.74, 6) is -0.552. The lowest BCUT2D eigenvalue weighted by atomic mass is 10.2. The van der Waals surface area contributed by atoms with Crippen LogP contribution in [0.15, 0.2) is 48.7 Å². The van der Waals surface area contributed by atoms with Gasteiger partial charge in [-0.2, -0.15) is 0 Å². The summed E-state index contributed by atoms with van der Waals surface area (Å²) in [7, 11) is 1.84. The van der Waals surface area contributed by atoms with Gasteiger partial charge in [0, 0.05) is 24.2 Å². The molecular formula is C16H13F2NO. The van der Waals surface area contributed by atoms with Gasteiger partial charge in [0.1, 0.15) is 12.4 Å². The number of aryl methyl sites for hydroxylation is 1. The van der Waals surface area contributed by atoms with Gasteiger partial charge in [-0.3, -0.25) is 0 Å². The van der Waals surface area contributed by atoms with E-state index < -0.39 is 5.82 Å². The van der Waals surface area contributed by atoms with E-state index in [4.69, 9.17) is 4.74 Å². The summed E-state index contributed by atoms with van der Waals surface area (Å²) in [6.07, 6.45) is 1.80. The quantitative estimate of drug-likeness (QED) is 0.702. The summed E-state index contributed by atoms with van der Waals surface area (Å²) in [6.45, 7) is 0.124. The molecule has 0 atom stereocenters. The number of ether oxygens (including phenoxy) is 1. The second-order valence-corrected chi connectivity index (χ2v) is 4.62. The summed E-state index contributed by atoms with van der Waals surface area (Å²) < 4.78 is 34.7. The van der Waals surface area contributed by atoms with Gasteiger partial charge in [-0.1, -0.05) is 18.2 Å². The lowest BCUT2D eigenvalue weighted by molar-refractivity contribution is 0.291. The first-order chi connectivity index (χ1) is 9.66. The highest BCUT2D eigenvalue weighted by Crippen LogP contribution is 2.25. The SMILES string of the molecule is Cn1cc(COc2ccccc2F)c2c(F)cccc21. The zero-order valence-electron chi connectivity index (χ0n) is 10.9. The Morgan fingerprint density at radius 3 is 2.55 bits per heavy atom. The molecule has 0 radical (unpaired) electrons. The van der Waals surface area contributed by atoms with E-state index in [9.17, 15) is 8.78 Å². The molecule has 102 valence electrons. The van der Waals surface area contributed by atoms with Crippen LogP contribution in [-0.4, -0.2) is 4.57 Å². The molecule has 0 unspecified atom stereocenters. The number of benzene rings is 2. The normalized spacial score (nSPS) is 10.9. The molecule has 0 bridgehead atoms. The smallest absolute Gasteiger partial charge is 0.165 e. The van der Waals surface area contributed by atoms with Crippen molar-refractivity contribution in [3.63, 3.8) is 0 Å². The van der Waals surface area contributed by atoms with Crippen LogP contribution in [0.25, 0.3) is 10.9 Å². The van der Waals surface area contributed by atoms with E-state index in [1.54, 1.807) is 30.5 Å². The summed E-state index contributed by atoms with van der Waals surface area (Å²) in [5.41, 5.74) is 1.49. The number of aromatic nitrogens is 1. The van der Waals surface area contributed by atoms with Gasteiger partial charge in [0.05, 0.1) is 5.52 Å². The topological polar surface area (TPSA) is 14.2 Å². The molecule has 0 fully saturated rings. The third-order valence-corrected chi connectivity index (χ3v) is 3.26. The standard InChI is InChI=1S/C16H13F2NO/c1-19-9-11(16-13(18)6-4-7-14(16)19)10-20-15-8-3-2-5-12(15)17/h2-9H,10H2,1H3. The highest BCUT2D eigenvalue weighted by Gasteiger charge is 2.12. The van der Waals surface area contributed by atoms with Crippen LogP contribution in [0.4, 0.5) is 8.78 Å². The molecule has 0 aliphatic rings. The van der Waals surface area contributed by atoms with Crippen LogP contribution in [0, 0.1) is 11.6 Å². The average Bonchev–Trinajstić information content (AvgIpc) is 2.76. The van der Waals surface area contributed by atoms with Crippen molar-refractivity contribution in [2.24, 2.45) is 7.05 Å². The van der Waals surface area contributed by atoms with Crippen molar-refractivity contribution in [2.45, 2.75) is 6.61 Å². The van der Waals surface area contributed by atoms with Gasteiger partial charge in [0.25, 0.3) is 0 Å². The van der Waals surface area contributed by atoms with Gasteiger partial charge >= 0.3 is 0 Å². The van der Waals surface area contributed by atoms with Crippen molar-refractivity contribution in [1.82, 2.24) is 4.57 Å². The largest absolute Gasteiger partial charge is 0.486 e. The molecule has 0 N–H and O–H groups in total. The Morgan fingerprint density at radius 2 is 1.75 bits per heavy atom. The molecule has 0 amide bonds. The highest BCUT2D eigenvalue weighted by molar-refractivity contribution is 5.84. The fraction of sp³-hybridized carbons (Fsp3) is 0.125. The third kappa shape index (κ3) is 2.13. The predicted molar refractivity (Wildman–Crippen MR) is 73.6 cm³/mol. The number of hydrogen-bond acceptors (Lipinski definition) is 1. The molecule has 1 aromatic heterocycles. The van der Waals surface area contributed by atoms with Crippen LogP contribution in [0.5, 0.6) is 5.75 Å². The van der Waals surface area contributed by atoms with Crippen LogP contribution in [0.3, 0.4) is 0 Å². The van der Waals surface area contributed by atoms with Crippen LogP contribution in [0.2, 0.25) is 0 Å². The molecule has 4 heteroatoms. The molecule has 0 saturated heterocycles. The first-order valence-electron chi connectivity index (χ1n) is 6.26. The Balaban J connectivity index is 1.94. The minimum atomic E-state index is -0.423. The van der Waals surface area contributed by atoms with E-state index in [1.807, 2.05) is 17.7 Å². The lowest BCUT2D eigenvalue weighted by Gasteiger charge is -2.06. The van der Waals surface area contributed by atoms with Crippen molar-refractivity contribution in [2.75, 3.05) is 0 Å². The first kappa shape index (κ1) is 12.7. The first-order valence-corrected chi connectivity index (χ1v) is 6.26. The summed E-state index contributed by atoms with van der Waals surface area (Å²) >= 11 is 0. The molecule has 0 aliphatic heterocycles. The second kappa shape index (κ2) is 4.96. The zero-order valence-corrected chi connectivity index (χ0v) is 10.9. The van der Waals surface area contributed by atoms with E-state index in [-0.39, 0.29) is 18.2 Å². The average molecular weight is 273 g/mol. The van der Waals surface area contributed by atoms with Crippen molar-refractivity contribution < 1.29 is 13.5 Å². The number of halogens is 2. The molecule has 0 spiro atoms. The molecule has 2 nitrogen and oxygen atoms in total. The van der Waals surface area contributed by atoms with Gasteiger partial charge in [0.2, 0.25) is 0 Å². The van der Waals surface area contributed by atoms with Gasteiger partial charge < -0.3 is 9.30 Å². The summed E-state index contributed by atoms with van der Waals surface area (Å²) in [4.78, 5) is 0. The number of hydrogen-bond donors (Lipinski definition) is 0. The van der Waals surface area contributed by atoms with Crippen molar-refractivity contribution in [3.05, 3.63) is 65.9 Å². The maximum absolute atomic E-state index is 13.9. The fourth-order valence-corrected chi connectivity index (χ4v) is 2.32. The van der Waals surface area contributed by atoms with Crippen molar-refractivity contribution >= 4 is 10.9 Å². The number of rotatable bonds is 3. The van der Waals surface area contributed by atoms with Crippen LogP contribution in [0.1, 0.15) is 5.56 Å². The molecular weight excluding hydrogens is 260 g/mol. The Kier molecular flexibility index (Phi) is 3.14. The number of nitrogens with zero attached hydrogens (tertiary/aromatic N) is 1. The molecule has 3 aromatic rings. The minimum Gasteiger partial charge on any atom is -0.486 e. The third-order valence-electron chi connectivity index (χ3n) is 3.26. The Bertz CT molecular complexity index is 764. The number of para-hydroxylation sites is 1. The van der Waals surface area contributed by atoms with E-state index in [1.165, 1.54) is 12.1 Å². The fourth-order valence-electron chi connectivity index (χ4n) is 2.32. The van der Waals surface area contributed by atoms with E-state index in [2.05, 4.69) is 0 Å². The highest BCUT2D eigenvalue weighted by atomic mass is 19.1. The maximum Gasteiger partial charge on any atom is 0.165 e. The van der Waals surface area contributed by atoms with Crippen molar-refractivity contribution in [3.8, 4) is 5.75 Å². The Morgan fingerprint density at radius 1 is 1.00 bits per heavy atom. The molecule has 0 aliphatic carbocycles. The summed E-state index contributed by atoms with van der Waals surface area (Å²) in [5, 5.41) is 0.520. The number of fused-ring (bicyclic) bond motifs is 1. The minimum absolute atomic E-state index is 0.124.